The Morgan fingerprint density at radius 1 is 1.23 bits per heavy atom. The number of aromatic nitrogens is 1. The van der Waals surface area contributed by atoms with Crippen molar-refractivity contribution in [3.63, 3.8) is 0 Å². The molecule has 0 N–H and O–H groups in total. The number of methoxy groups -OCH3 is 1. The van der Waals surface area contributed by atoms with Crippen molar-refractivity contribution in [1.82, 2.24) is 4.57 Å². The Kier molecular flexibility index (Phi) is 5.00. The largest absolute Gasteiger partial charge is 0.497 e. The number of ether oxygens (including phenoxy) is 2. The van der Waals surface area contributed by atoms with Gasteiger partial charge in [-0.3, -0.25) is 0 Å². The van der Waals surface area contributed by atoms with Gasteiger partial charge in [0.1, 0.15) is 16.4 Å². The lowest BCUT2D eigenvalue weighted by atomic mass is 10.0. The molecule has 3 aromatic rings. The van der Waals surface area contributed by atoms with E-state index >= 15 is 0 Å². The summed E-state index contributed by atoms with van der Waals surface area (Å²) in [6.45, 7) is 4.98. The van der Waals surface area contributed by atoms with Gasteiger partial charge < -0.3 is 14.0 Å². The van der Waals surface area contributed by atoms with Crippen molar-refractivity contribution in [2.45, 2.75) is 32.7 Å². The maximum absolute atomic E-state index is 14.3. The minimum absolute atomic E-state index is 0.205. The molecule has 5 heteroatoms. The van der Waals surface area contributed by atoms with Gasteiger partial charge in [-0.2, -0.15) is 0 Å². The van der Waals surface area contributed by atoms with E-state index in [-0.39, 0.29) is 5.82 Å². The molecule has 3 heterocycles. The molecule has 0 radical (unpaired) electrons. The van der Waals surface area contributed by atoms with Crippen LogP contribution in [-0.2, 0) is 17.7 Å². The van der Waals surface area contributed by atoms with Crippen molar-refractivity contribution in [3.05, 3.63) is 52.3 Å². The van der Waals surface area contributed by atoms with E-state index in [0.717, 1.165) is 32.6 Å². The van der Waals surface area contributed by atoms with Gasteiger partial charge in [-0.15, -0.1) is 11.3 Å². The van der Waals surface area contributed by atoms with Crippen molar-refractivity contribution < 1.29 is 13.9 Å². The van der Waals surface area contributed by atoms with Crippen LogP contribution < -0.4 is 4.74 Å². The van der Waals surface area contributed by atoms with Gasteiger partial charge in [-0.25, -0.2) is 4.39 Å². The molecule has 0 unspecified atom stereocenters. The first-order valence-corrected chi connectivity index (χ1v) is 9.94. The van der Waals surface area contributed by atoms with Gasteiger partial charge in [0.2, 0.25) is 0 Å². The first kappa shape index (κ1) is 17.6. The standard InChI is InChI=1S/C21H24FNO2S/c1-14-9-17-11-19(10-16-3-4-18(24-2)12-20(16)22)26-21(17)23(14)13-15-5-7-25-8-6-15/h3-4,9,11-12,15H,5-8,10,13H2,1-2H3. The zero-order chi connectivity index (χ0) is 18.1. The van der Waals surface area contributed by atoms with Crippen LogP contribution in [0, 0.1) is 18.7 Å². The Morgan fingerprint density at radius 3 is 2.77 bits per heavy atom. The number of rotatable bonds is 5. The fraction of sp³-hybridized carbons (Fsp3) is 0.429. The Bertz CT molecular complexity index is 908. The third-order valence-corrected chi connectivity index (χ3v) is 6.41. The first-order valence-electron chi connectivity index (χ1n) is 9.12. The van der Waals surface area contributed by atoms with Gasteiger partial charge in [0.05, 0.1) is 7.11 Å². The van der Waals surface area contributed by atoms with Crippen LogP contribution in [0.25, 0.3) is 10.2 Å². The van der Waals surface area contributed by atoms with Crippen LogP contribution >= 0.6 is 11.3 Å². The van der Waals surface area contributed by atoms with Crippen LogP contribution in [0.3, 0.4) is 0 Å². The molecule has 1 aromatic carbocycles. The second-order valence-corrected chi connectivity index (χ2v) is 8.17. The highest BCUT2D eigenvalue weighted by Gasteiger charge is 2.18. The van der Waals surface area contributed by atoms with Crippen LogP contribution in [-0.4, -0.2) is 24.9 Å². The Morgan fingerprint density at radius 2 is 2.04 bits per heavy atom. The summed E-state index contributed by atoms with van der Waals surface area (Å²) in [7, 11) is 1.56. The number of benzene rings is 1. The Hall–Kier alpha value is -1.85. The van der Waals surface area contributed by atoms with Gasteiger partial charge in [0.15, 0.2) is 0 Å². The molecule has 1 fully saturated rings. The molecule has 0 aliphatic carbocycles. The lowest BCUT2D eigenvalue weighted by Gasteiger charge is -2.23. The van der Waals surface area contributed by atoms with Crippen LogP contribution in [0.2, 0.25) is 0 Å². The molecule has 2 aromatic heterocycles. The summed E-state index contributed by atoms with van der Waals surface area (Å²) < 4.78 is 27.3. The van der Waals surface area contributed by atoms with Gasteiger partial charge in [-0.1, -0.05) is 6.07 Å². The van der Waals surface area contributed by atoms with Crippen LogP contribution in [0.15, 0.2) is 30.3 Å². The monoisotopic (exact) mass is 373 g/mol. The molecular weight excluding hydrogens is 349 g/mol. The van der Waals surface area contributed by atoms with E-state index in [1.54, 1.807) is 18.4 Å². The minimum atomic E-state index is -0.205. The molecule has 3 nitrogen and oxygen atoms in total. The minimum Gasteiger partial charge on any atom is -0.497 e. The summed E-state index contributed by atoms with van der Waals surface area (Å²) >= 11 is 1.78. The first-order chi connectivity index (χ1) is 12.6. The smallest absolute Gasteiger partial charge is 0.130 e. The lowest BCUT2D eigenvalue weighted by molar-refractivity contribution is 0.0615. The Balaban J connectivity index is 1.57. The third-order valence-electron chi connectivity index (χ3n) is 5.23. The molecule has 26 heavy (non-hydrogen) atoms. The number of aryl methyl sites for hydroxylation is 1. The van der Waals surface area contributed by atoms with E-state index in [1.165, 1.54) is 26.9 Å². The van der Waals surface area contributed by atoms with Gasteiger partial charge in [-0.05, 0) is 49.4 Å². The predicted molar refractivity (Wildman–Crippen MR) is 104 cm³/mol. The molecule has 1 aliphatic heterocycles. The number of halogens is 1. The quantitative estimate of drug-likeness (QED) is 0.615. The normalized spacial score (nSPS) is 15.7. The predicted octanol–water partition coefficient (Wildman–Crippen LogP) is 5.18. The average Bonchev–Trinajstić information content (AvgIpc) is 3.15. The summed E-state index contributed by atoms with van der Waals surface area (Å²) in [6.07, 6.45) is 2.88. The molecule has 0 bridgehead atoms. The molecule has 1 saturated heterocycles. The van der Waals surface area contributed by atoms with E-state index in [9.17, 15) is 4.39 Å². The number of fused-ring (bicyclic) bond motifs is 1. The molecule has 0 saturated carbocycles. The highest BCUT2D eigenvalue weighted by molar-refractivity contribution is 7.18. The number of nitrogens with zero attached hydrogens (tertiary/aromatic N) is 1. The lowest BCUT2D eigenvalue weighted by Crippen LogP contribution is -2.20. The van der Waals surface area contributed by atoms with Crippen LogP contribution in [0.5, 0.6) is 5.75 Å². The van der Waals surface area contributed by atoms with Crippen molar-refractivity contribution in [1.29, 1.82) is 0 Å². The van der Waals surface area contributed by atoms with Crippen molar-refractivity contribution in [2.75, 3.05) is 20.3 Å². The fourth-order valence-corrected chi connectivity index (χ4v) is 4.94. The number of thiophene rings is 1. The summed E-state index contributed by atoms with van der Waals surface area (Å²) in [5.74, 6) is 1.03. The maximum atomic E-state index is 14.3. The maximum Gasteiger partial charge on any atom is 0.130 e. The fourth-order valence-electron chi connectivity index (χ4n) is 3.71. The van der Waals surface area contributed by atoms with Crippen LogP contribution in [0.4, 0.5) is 4.39 Å². The summed E-state index contributed by atoms with van der Waals surface area (Å²) in [4.78, 5) is 2.50. The Labute approximate surface area is 157 Å². The number of hydrogen-bond donors (Lipinski definition) is 0. The molecule has 0 atom stereocenters. The highest BCUT2D eigenvalue weighted by Crippen LogP contribution is 2.32. The second-order valence-electron chi connectivity index (χ2n) is 7.06. The summed E-state index contributed by atoms with van der Waals surface area (Å²) in [5.41, 5.74) is 2.02. The van der Waals surface area contributed by atoms with Crippen molar-refractivity contribution >= 4 is 21.6 Å². The molecule has 1 aliphatic rings. The summed E-state index contributed by atoms with van der Waals surface area (Å²) in [5, 5.41) is 1.27. The molecule has 0 amide bonds. The van der Waals surface area contributed by atoms with Crippen LogP contribution in [0.1, 0.15) is 29.0 Å². The van der Waals surface area contributed by atoms with E-state index in [1.807, 2.05) is 12.1 Å². The second kappa shape index (κ2) is 7.41. The topological polar surface area (TPSA) is 23.4 Å². The van der Waals surface area contributed by atoms with E-state index in [4.69, 9.17) is 9.47 Å². The zero-order valence-corrected chi connectivity index (χ0v) is 16.1. The van der Waals surface area contributed by atoms with Gasteiger partial charge >= 0.3 is 0 Å². The average molecular weight is 373 g/mol. The van der Waals surface area contributed by atoms with E-state index in [0.29, 0.717) is 23.7 Å². The molecule has 4 rings (SSSR count). The molecule has 138 valence electrons. The number of hydrogen-bond acceptors (Lipinski definition) is 3. The van der Waals surface area contributed by atoms with Crippen molar-refractivity contribution in [2.24, 2.45) is 5.92 Å². The van der Waals surface area contributed by atoms with E-state index < -0.39 is 0 Å². The molecule has 0 spiro atoms. The summed E-state index contributed by atoms with van der Waals surface area (Å²) in [6, 6.07) is 9.55. The third kappa shape index (κ3) is 3.51. The zero-order valence-electron chi connectivity index (χ0n) is 15.3. The van der Waals surface area contributed by atoms with Crippen molar-refractivity contribution in [3.8, 4) is 5.75 Å². The SMILES string of the molecule is COc1ccc(Cc2cc3cc(C)n(CC4CCOCC4)c3s2)c(F)c1. The van der Waals surface area contributed by atoms with Gasteiger partial charge in [0.25, 0.3) is 0 Å². The van der Waals surface area contributed by atoms with E-state index in [2.05, 4.69) is 23.6 Å². The van der Waals surface area contributed by atoms with Gasteiger partial charge in [0, 0.05) is 48.2 Å². The molecular formula is C21H24FNO2S. The highest BCUT2D eigenvalue weighted by atomic mass is 32.1.